The molecule has 2 rings (SSSR count). The van der Waals surface area contributed by atoms with Crippen LogP contribution in [-0.2, 0) is 11.3 Å². The fraction of sp³-hybridized carbons (Fsp3) is 0.533. The van der Waals surface area contributed by atoms with Gasteiger partial charge in [0.1, 0.15) is 0 Å². The molecular formula is C15H23N3O. The Morgan fingerprint density at radius 2 is 2.05 bits per heavy atom. The van der Waals surface area contributed by atoms with Gasteiger partial charge in [0.15, 0.2) is 0 Å². The summed E-state index contributed by atoms with van der Waals surface area (Å²) in [6.07, 6.45) is 0.915. The van der Waals surface area contributed by atoms with E-state index < -0.39 is 0 Å². The van der Waals surface area contributed by atoms with Gasteiger partial charge in [-0.05, 0) is 37.6 Å². The van der Waals surface area contributed by atoms with Crippen molar-refractivity contribution in [3.8, 4) is 0 Å². The van der Waals surface area contributed by atoms with E-state index in [0.717, 1.165) is 25.1 Å². The van der Waals surface area contributed by atoms with Gasteiger partial charge in [0.2, 0.25) is 5.91 Å². The van der Waals surface area contributed by atoms with Crippen LogP contribution in [0.25, 0.3) is 0 Å². The van der Waals surface area contributed by atoms with Crippen LogP contribution in [0.4, 0.5) is 5.69 Å². The molecule has 1 unspecified atom stereocenters. The number of carbonyl (C=O) groups is 1. The van der Waals surface area contributed by atoms with E-state index >= 15 is 0 Å². The van der Waals surface area contributed by atoms with Gasteiger partial charge >= 0.3 is 0 Å². The molecule has 2 N–H and O–H groups in total. The van der Waals surface area contributed by atoms with E-state index in [1.165, 1.54) is 5.69 Å². The van der Waals surface area contributed by atoms with E-state index in [1.807, 2.05) is 21.0 Å². The molecule has 104 valence electrons. The lowest BCUT2D eigenvalue weighted by atomic mass is 9.89. The summed E-state index contributed by atoms with van der Waals surface area (Å²) in [5.74, 6) is 0.147. The van der Waals surface area contributed by atoms with Crippen LogP contribution in [0.1, 0.15) is 18.9 Å². The number of rotatable bonds is 4. The molecule has 1 aliphatic heterocycles. The Hall–Kier alpha value is -1.55. The Balaban J connectivity index is 1.90. The van der Waals surface area contributed by atoms with Crippen LogP contribution in [0.15, 0.2) is 24.3 Å². The number of nitrogens with zero attached hydrogens (tertiary/aromatic N) is 1. The second-order valence-corrected chi connectivity index (χ2v) is 5.73. The highest BCUT2D eigenvalue weighted by Gasteiger charge is 2.35. The number of nitrogens with one attached hydrogen (secondary N) is 2. The highest BCUT2D eigenvalue weighted by atomic mass is 16.2. The summed E-state index contributed by atoms with van der Waals surface area (Å²) >= 11 is 0. The average Bonchev–Trinajstić information content (AvgIpc) is 2.84. The third-order valence-electron chi connectivity index (χ3n) is 3.82. The minimum Gasteiger partial charge on any atom is -0.378 e. The smallest absolute Gasteiger partial charge is 0.227 e. The Morgan fingerprint density at radius 1 is 1.37 bits per heavy atom. The van der Waals surface area contributed by atoms with Crippen molar-refractivity contribution in [2.45, 2.75) is 19.9 Å². The molecule has 1 aromatic rings. The third-order valence-corrected chi connectivity index (χ3v) is 3.82. The van der Waals surface area contributed by atoms with Gasteiger partial charge in [0.25, 0.3) is 0 Å². The number of hydrogen-bond donors (Lipinski definition) is 2. The maximum atomic E-state index is 12.2. The van der Waals surface area contributed by atoms with E-state index in [9.17, 15) is 4.79 Å². The molecule has 4 heteroatoms. The fourth-order valence-corrected chi connectivity index (χ4v) is 2.32. The quantitative estimate of drug-likeness (QED) is 0.860. The highest BCUT2D eigenvalue weighted by Crippen LogP contribution is 2.24. The largest absolute Gasteiger partial charge is 0.378 e. The number of amides is 1. The molecule has 1 fully saturated rings. The Kier molecular flexibility index (Phi) is 4.10. The molecule has 1 aromatic carbocycles. The average molecular weight is 261 g/mol. The fourth-order valence-electron chi connectivity index (χ4n) is 2.32. The predicted octanol–water partition coefficient (Wildman–Crippen LogP) is 1.37. The molecule has 0 spiro atoms. The van der Waals surface area contributed by atoms with Crippen LogP contribution >= 0.6 is 0 Å². The van der Waals surface area contributed by atoms with Gasteiger partial charge in [-0.3, -0.25) is 4.79 Å². The molecule has 0 aliphatic carbocycles. The van der Waals surface area contributed by atoms with Crippen molar-refractivity contribution in [2.75, 3.05) is 32.1 Å². The van der Waals surface area contributed by atoms with Crippen LogP contribution in [-0.4, -0.2) is 33.1 Å². The van der Waals surface area contributed by atoms with Crippen LogP contribution in [0.3, 0.4) is 0 Å². The molecule has 1 saturated heterocycles. The van der Waals surface area contributed by atoms with Crippen molar-refractivity contribution < 1.29 is 4.79 Å². The van der Waals surface area contributed by atoms with Gasteiger partial charge in [-0.25, -0.2) is 0 Å². The monoisotopic (exact) mass is 261 g/mol. The minimum atomic E-state index is -0.246. The lowest BCUT2D eigenvalue weighted by Crippen LogP contribution is -2.40. The van der Waals surface area contributed by atoms with Gasteiger partial charge in [0, 0.05) is 32.9 Å². The Labute approximate surface area is 115 Å². The molecule has 1 atom stereocenters. The van der Waals surface area contributed by atoms with Crippen molar-refractivity contribution in [3.05, 3.63) is 29.8 Å². The van der Waals surface area contributed by atoms with Crippen molar-refractivity contribution >= 4 is 11.6 Å². The highest BCUT2D eigenvalue weighted by molar-refractivity contribution is 5.82. The molecule has 4 nitrogen and oxygen atoms in total. The summed E-state index contributed by atoms with van der Waals surface area (Å²) in [6, 6.07) is 8.26. The van der Waals surface area contributed by atoms with E-state index in [0.29, 0.717) is 6.54 Å². The first-order valence-corrected chi connectivity index (χ1v) is 6.76. The standard InChI is InChI=1S/C15H23N3O/c1-15(8-9-16-11-15)14(19)17-10-12-4-6-13(7-5-12)18(2)3/h4-7,16H,8-11H2,1-3H3,(H,17,19). The molecule has 1 amide bonds. The van der Waals surface area contributed by atoms with E-state index in [2.05, 4.69) is 39.8 Å². The zero-order chi connectivity index (χ0) is 13.9. The lowest BCUT2D eigenvalue weighted by molar-refractivity contribution is -0.129. The summed E-state index contributed by atoms with van der Waals surface area (Å²) in [7, 11) is 4.04. The van der Waals surface area contributed by atoms with E-state index in [4.69, 9.17) is 0 Å². The predicted molar refractivity (Wildman–Crippen MR) is 78.2 cm³/mol. The number of benzene rings is 1. The second-order valence-electron chi connectivity index (χ2n) is 5.73. The molecule has 19 heavy (non-hydrogen) atoms. The van der Waals surface area contributed by atoms with Crippen molar-refractivity contribution in [3.63, 3.8) is 0 Å². The number of anilines is 1. The van der Waals surface area contributed by atoms with Gasteiger partial charge < -0.3 is 15.5 Å². The molecule has 0 radical (unpaired) electrons. The summed E-state index contributed by atoms with van der Waals surface area (Å²) in [5.41, 5.74) is 2.05. The van der Waals surface area contributed by atoms with E-state index in [-0.39, 0.29) is 11.3 Å². The Morgan fingerprint density at radius 3 is 2.58 bits per heavy atom. The molecule has 0 aromatic heterocycles. The van der Waals surface area contributed by atoms with Gasteiger partial charge in [-0.1, -0.05) is 12.1 Å². The van der Waals surface area contributed by atoms with Gasteiger partial charge in [-0.15, -0.1) is 0 Å². The van der Waals surface area contributed by atoms with E-state index in [1.54, 1.807) is 0 Å². The zero-order valence-corrected chi connectivity index (χ0v) is 12.0. The molecule has 0 saturated carbocycles. The third kappa shape index (κ3) is 3.26. The summed E-state index contributed by atoms with van der Waals surface area (Å²) in [5, 5.41) is 6.28. The lowest BCUT2D eigenvalue weighted by Gasteiger charge is -2.21. The topological polar surface area (TPSA) is 44.4 Å². The maximum Gasteiger partial charge on any atom is 0.227 e. The maximum absolute atomic E-state index is 12.2. The van der Waals surface area contributed by atoms with Gasteiger partial charge in [0.05, 0.1) is 5.41 Å². The molecule has 0 bridgehead atoms. The normalized spacial score (nSPS) is 22.3. The minimum absolute atomic E-state index is 0.147. The van der Waals surface area contributed by atoms with Crippen LogP contribution in [0.5, 0.6) is 0 Å². The van der Waals surface area contributed by atoms with Crippen molar-refractivity contribution in [1.82, 2.24) is 10.6 Å². The van der Waals surface area contributed by atoms with Crippen LogP contribution < -0.4 is 15.5 Å². The zero-order valence-electron chi connectivity index (χ0n) is 12.0. The number of hydrogen-bond acceptors (Lipinski definition) is 3. The van der Waals surface area contributed by atoms with Crippen molar-refractivity contribution in [1.29, 1.82) is 0 Å². The molecule has 1 aliphatic rings. The molecular weight excluding hydrogens is 238 g/mol. The first-order valence-electron chi connectivity index (χ1n) is 6.76. The van der Waals surface area contributed by atoms with Gasteiger partial charge in [-0.2, -0.15) is 0 Å². The first-order chi connectivity index (χ1) is 9.01. The van der Waals surface area contributed by atoms with Crippen LogP contribution in [0.2, 0.25) is 0 Å². The number of carbonyl (C=O) groups excluding carboxylic acids is 1. The SMILES string of the molecule is CN(C)c1ccc(CNC(=O)C2(C)CCNC2)cc1. The van der Waals surface area contributed by atoms with Crippen LogP contribution in [0, 0.1) is 5.41 Å². The summed E-state index contributed by atoms with van der Waals surface area (Å²) < 4.78 is 0. The summed E-state index contributed by atoms with van der Waals surface area (Å²) in [6.45, 7) is 4.33. The first kappa shape index (κ1) is 13.9. The second kappa shape index (κ2) is 5.61. The molecule has 1 heterocycles. The van der Waals surface area contributed by atoms with Crippen molar-refractivity contribution in [2.24, 2.45) is 5.41 Å². The summed E-state index contributed by atoms with van der Waals surface area (Å²) in [4.78, 5) is 14.2. The Bertz CT molecular complexity index is 433.